The van der Waals surface area contributed by atoms with Gasteiger partial charge in [-0.3, -0.25) is 0 Å². The molecule has 0 fully saturated rings. The summed E-state index contributed by atoms with van der Waals surface area (Å²) in [4.78, 5) is 8.25. The van der Waals surface area contributed by atoms with Crippen molar-refractivity contribution in [3.05, 3.63) is 15.3 Å². The summed E-state index contributed by atoms with van der Waals surface area (Å²) in [6, 6.07) is 0. The predicted octanol–water partition coefficient (Wildman–Crippen LogP) is -1.89. The molecule has 0 spiro atoms. The van der Waals surface area contributed by atoms with Gasteiger partial charge in [0.05, 0.1) is 5.09 Å². The van der Waals surface area contributed by atoms with E-state index in [4.69, 9.17) is 15.3 Å². The molecule has 0 saturated heterocycles. The van der Waals surface area contributed by atoms with Crippen LogP contribution in [0.3, 0.4) is 0 Å². The molecular formula is H4LaNO5-. The second kappa shape index (κ2) is 16.2. The third-order valence-electron chi connectivity index (χ3n) is 0. The Hall–Kier alpha value is 0.315. The van der Waals surface area contributed by atoms with Crippen LogP contribution in [0, 0.1) is 50.9 Å². The fraction of sp³-hybridized carbons (Fsp3) is 0. The van der Waals surface area contributed by atoms with Gasteiger partial charge in [0.2, 0.25) is 0 Å². The zero-order valence-electron chi connectivity index (χ0n) is 3.25. The van der Waals surface area contributed by atoms with Crippen LogP contribution >= 0.6 is 0 Å². The number of nitrogens with zero attached hydrogens (tertiary/aromatic N) is 1. The Labute approximate surface area is 66.8 Å². The van der Waals surface area contributed by atoms with Crippen molar-refractivity contribution in [2.45, 2.75) is 0 Å². The van der Waals surface area contributed by atoms with Crippen molar-refractivity contribution in [3.8, 4) is 0 Å². The maximum absolute atomic E-state index is 8.25. The Balaban J connectivity index is -0.0000000150. The SMILES string of the molecule is O.O.O=[N+]([O-])[O-].[La]. The van der Waals surface area contributed by atoms with Crippen LogP contribution in [-0.4, -0.2) is 16.0 Å². The van der Waals surface area contributed by atoms with Gasteiger partial charge in [0, 0.05) is 35.6 Å². The predicted molar refractivity (Wildman–Crippen MR) is 17.6 cm³/mol. The molecule has 1 radical (unpaired) electrons. The van der Waals surface area contributed by atoms with E-state index in [-0.39, 0.29) is 46.6 Å². The van der Waals surface area contributed by atoms with Crippen molar-refractivity contribution in [1.82, 2.24) is 0 Å². The molecule has 4 N–H and O–H groups in total. The third-order valence-corrected chi connectivity index (χ3v) is 0. The van der Waals surface area contributed by atoms with E-state index in [9.17, 15) is 0 Å². The summed E-state index contributed by atoms with van der Waals surface area (Å²) in [5.41, 5.74) is 0. The molecule has 0 aliphatic heterocycles. The fourth-order valence-electron chi connectivity index (χ4n) is 0. The largest absolute Gasteiger partial charge is 0.412 e. The summed E-state index contributed by atoms with van der Waals surface area (Å²) < 4.78 is 0. The molecule has 0 aromatic rings. The van der Waals surface area contributed by atoms with E-state index in [1.807, 2.05) is 0 Å². The normalized spacial score (nSPS) is 3.43. The van der Waals surface area contributed by atoms with Crippen LogP contribution in [-0.2, 0) is 0 Å². The zero-order chi connectivity index (χ0) is 3.58. The molecule has 0 saturated carbocycles. The quantitative estimate of drug-likeness (QED) is 0.360. The molecule has 0 unspecified atom stereocenters. The van der Waals surface area contributed by atoms with Crippen LogP contribution in [0.2, 0.25) is 0 Å². The number of rotatable bonds is 0. The summed E-state index contributed by atoms with van der Waals surface area (Å²) in [7, 11) is 0. The van der Waals surface area contributed by atoms with Crippen molar-refractivity contribution < 1.29 is 51.6 Å². The minimum Gasteiger partial charge on any atom is -0.412 e. The van der Waals surface area contributed by atoms with Crippen molar-refractivity contribution in [2.75, 3.05) is 0 Å². The Morgan fingerprint density at radius 3 is 1.14 bits per heavy atom. The Kier molecular flexibility index (Phi) is 61.6. The second-order valence-electron chi connectivity index (χ2n) is 0.224. The number of hydrogen-bond acceptors (Lipinski definition) is 3. The van der Waals surface area contributed by atoms with Gasteiger partial charge in [-0.05, 0) is 0 Å². The summed E-state index contributed by atoms with van der Waals surface area (Å²) in [6.07, 6.45) is 0. The first-order valence-corrected chi connectivity index (χ1v) is 0.548. The summed E-state index contributed by atoms with van der Waals surface area (Å²) in [5, 5.41) is 14.8. The Bertz CT molecular complexity index is 31.1. The van der Waals surface area contributed by atoms with Gasteiger partial charge < -0.3 is 26.3 Å². The maximum Gasteiger partial charge on any atom is 0.0689 e. The molecular weight excluding hydrogens is 233 g/mol. The molecule has 43 valence electrons. The van der Waals surface area contributed by atoms with Gasteiger partial charge >= 0.3 is 0 Å². The zero-order valence-corrected chi connectivity index (χ0v) is 6.88. The van der Waals surface area contributed by atoms with E-state index in [0.29, 0.717) is 0 Å². The Morgan fingerprint density at radius 1 is 1.14 bits per heavy atom. The van der Waals surface area contributed by atoms with Crippen molar-refractivity contribution in [3.63, 3.8) is 0 Å². The van der Waals surface area contributed by atoms with E-state index >= 15 is 0 Å². The fourth-order valence-corrected chi connectivity index (χ4v) is 0. The molecule has 7 heteroatoms. The summed E-state index contributed by atoms with van der Waals surface area (Å²) in [6.45, 7) is 0. The standard InChI is InChI=1S/La.NO3.2H2O/c;2-1(3)4;;/h;;2*1H2/q;-1;;. The monoisotopic (exact) mass is 237 g/mol. The average molecular weight is 237 g/mol. The first-order valence-electron chi connectivity index (χ1n) is 0.548. The first-order chi connectivity index (χ1) is 1.73. The van der Waals surface area contributed by atoms with Gasteiger partial charge in [-0.15, -0.1) is 0 Å². The van der Waals surface area contributed by atoms with Crippen LogP contribution < -0.4 is 0 Å². The molecule has 0 aliphatic rings. The van der Waals surface area contributed by atoms with Gasteiger partial charge in [0.15, 0.2) is 0 Å². The van der Waals surface area contributed by atoms with E-state index in [2.05, 4.69) is 0 Å². The van der Waals surface area contributed by atoms with Gasteiger partial charge in [0.1, 0.15) is 0 Å². The van der Waals surface area contributed by atoms with Gasteiger partial charge in [-0.2, -0.15) is 0 Å². The molecule has 0 atom stereocenters. The molecule has 6 nitrogen and oxygen atoms in total. The molecule has 0 aromatic heterocycles. The third kappa shape index (κ3) is 1190. The van der Waals surface area contributed by atoms with E-state index in [0.717, 1.165) is 0 Å². The van der Waals surface area contributed by atoms with Crippen molar-refractivity contribution in [1.29, 1.82) is 0 Å². The van der Waals surface area contributed by atoms with Crippen LogP contribution in [0.4, 0.5) is 0 Å². The molecule has 0 heterocycles. The van der Waals surface area contributed by atoms with E-state index in [1.165, 1.54) is 0 Å². The first kappa shape index (κ1) is 26.5. The van der Waals surface area contributed by atoms with E-state index < -0.39 is 5.09 Å². The molecule has 0 amide bonds. The van der Waals surface area contributed by atoms with Crippen LogP contribution in [0.15, 0.2) is 0 Å². The van der Waals surface area contributed by atoms with Gasteiger partial charge in [-0.25, -0.2) is 0 Å². The van der Waals surface area contributed by atoms with Crippen LogP contribution in [0.25, 0.3) is 0 Å². The summed E-state index contributed by atoms with van der Waals surface area (Å²) in [5.74, 6) is 0. The maximum atomic E-state index is 8.25. The minimum absolute atomic E-state index is 0. The van der Waals surface area contributed by atoms with Crippen molar-refractivity contribution in [2.24, 2.45) is 0 Å². The molecule has 0 aliphatic carbocycles. The summed E-state index contributed by atoms with van der Waals surface area (Å²) >= 11 is 0. The molecule has 0 rings (SSSR count). The minimum atomic E-state index is -1.75. The van der Waals surface area contributed by atoms with Crippen LogP contribution in [0.1, 0.15) is 0 Å². The topological polar surface area (TPSA) is 129 Å². The molecule has 0 bridgehead atoms. The molecule has 7 heavy (non-hydrogen) atoms. The van der Waals surface area contributed by atoms with E-state index in [1.54, 1.807) is 0 Å². The van der Waals surface area contributed by atoms with Crippen LogP contribution in [0.5, 0.6) is 0 Å². The smallest absolute Gasteiger partial charge is 0.0689 e. The van der Waals surface area contributed by atoms with Crippen molar-refractivity contribution >= 4 is 0 Å². The molecule has 0 aromatic carbocycles. The van der Waals surface area contributed by atoms with Gasteiger partial charge in [-0.1, -0.05) is 0 Å². The van der Waals surface area contributed by atoms with Gasteiger partial charge in [0.25, 0.3) is 0 Å². The number of hydrogen-bond donors (Lipinski definition) is 0. The second-order valence-corrected chi connectivity index (χ2v) is 0.224. The Morgan fingerprint density at radius 2 is 1.14 bits per heavy atom. The average Bonchev–Trinajstić information content (AvgIpc) is 0.811.